The Balaban J connectivity index is 2.48. The van der Waals surface area contributed by atoms with Crippen molar-refractivity contribution in [2.24, 2.45) is 0 Å². The number of hydrogen-bond donors (Lipinski definition) is 1. The summed E-state index contributed by atoms with van der Waals surface area (Å²) in [5.74, 6) is -0.932. The first-order valence-electron chi connectivity index (χ1n) is 4.73. The number of carboxylic acids is 1. The van der Waals surface area contributed by atoms with Gasteiger partial charge in [-0.15, -0.1) is 0 Å². The first-order valence-corrected chi connectivity index (χ1v) is 4.73. The van der Waals surface area contributed by atoms with Crippen molar-refractivity contribution in [3.05, 3.63) is 29.6 Å². The van der Waals surface area contributed by atoms with E-state index >= 15 is 0 Å². The van der Waals surface area contributed by atoms with Gasteiger partial charge in [0.2, 0.25) is 0 Å². The minimum absolute atomic E-state index is 0.000605. The lowest BCUT2D eigenvalue weighted by molar-refractivity contribution is -0.153. The second kappa shape index (κ2) is 3.15. The Bertz CT molecular complexity index is 431. The van der Waals surface area contributed by atoms with Crippen LogP contribution in [0.4, 0.5) is 0 Å². The SMILES string of the molecule is Cc1ncccc1C1(C(=O)O)CC(=O)C1. The first kappa shape index (κ1) is 9.83. The quantitative estimate of drug-likeness (QED) is 0.784. The molecule has 0 spiro atoms. The van der Waals surface area contributed by atoms with Crippen LogP contribution in [0.3, 0.4) is 0 Å². The second-order valence-electron chi connectivity index (χ2n) is 3.92. The molecule has 15 heavy (non-hydrogen) atoms. The summed E-state index contributed by atoms with van der Waals surface area (Å²) in [6.45, 7) is 1.77. The molecule has 0 radical (unpaired) electrons. The zero-order chi connectivity index (χ0) is 11.1. The van der Waals surface area contributed by atoms with Crippen molar-refractivity contribution in [1.29, 1.82) is 0 Å². The van der Waals surface area contributed by atoms with E-state index in [1.165, 1.54) is 0 Å². The Morgan fingerprint density at radius 2 is 2.20 bits per heavy atom. The van der Waals surface area contributed by atoms with Gasteiger partial charge in [0.1, 0.15) is 11.2 Å². The summed E-state index contributed by atoms with van der Waals surface area (Å²) in [5, 5.41) is 9.20. The smallest absolute Gasteiger partial charge is 0.315 e. The van der Waals surface area contributed by atoms with Crippen LogP contribution in [0.5, 0.6) is 0 Å². The summed E-state index contributed by atoms with van der Waals surface area (Å²) in [6, 6.07) is 3.44. The van der Waals surface area contributed by atoms with E-state index in [1.54, 1.807) is 25.3 Å². The van der Waals surface area contributed by atoms with Gasteiger partial charge in [-0.2, -0.15) is 0 Å². The standard InChI is InChI=1S/C11H11NO3/c1-7-9(3-2-4-12-7)11(10(14)15)5-8(13)6-11/h2-4H,5-6H2,1H3,(H,14,15). The molecule has 1 aliphatic rings. The highest BCUT2D eigenvalue weighted by Gasteiger charge is 2.52. The maximum atomic E-state index is 11.2. The number of carbonyl (C=O) groups is 2. The highest BCUT2D eigenvalue weighted by atomic mass is 16.4. The molecule has 0 aliphatic heterocycles. The maximum absolute atomic E-state index is 11.2. The molecule has 78 valence electrons. The molecule has 1 saturated carbocycles. The Hall–Kier alpha value is -1.71. The summed E-state index contributed by atoms with van der Waals surface area (Å²) >= 11 is 0. The first-order chi connectivity index (χ1) is 7.06. The van der Waals surface area contributed by atoms with Gasteiger partial charge in [0.05, 0.1) is 0 Å². The molecule has 0 atom stereocenters. The number of aryl methyl sites for hydroxylation is 1. The summed E-state index contributed by atoms with van der Waals surface area (Å²) in [6.07, 6.45) is 1.80. The number of carbonyl (C=O) groups excluding carboxylic acids is 1. The van der Waals surface area contributed by atoms with Gasteiger partial charge >= 0.3 is 5.97 Å². The summed E-state index contributed by atoms with van der Waals surface area (Å²) in [4.78, 5) is 26.3. The number of rotatable bonds is 2. The molecular weight excluding hydrogens is 194 g/mol. The predicted molar refractivity (Wildman–Crippen MR) is 52.5 cm³/mol. The van der Waals surface area contributed by atoms with E-state index in [0.29, 0.717) is 11.3 Å². The maximum Gasteiger partial charge on any atom is 0.315 e. The zero-order valence-corrected chi connectivity index (χ0v) is 8.36. The molecule has 4 heteroatoms. The third kappa shape index (κ3) is 1.33. The molecule has 0 bridgehead atoms. The van der Waals surface area contributed by atoms with Crippen molar-refractivity contribution < 1.29 is 14.7 Å². The van der Waals surface area contributed by atoms with Crippen molar-refractivity contribution in [2.45, 2.75) is 25.2 Å². The van der Waals surface area contributed by atoms with E-state index in [4.69, 9.17) is 0 Å². The highest BCUT2D eigenvalue weighted by molar-refractivity contribution is 6.01. The van der Waals surface area contributed by atoms with E-state index in [1.807, 2.05) is 0 Å². The lowest BCUT2D eigenvalue weighted by atomic mass is 9.63. The van der Waals surface area contributed by atoms with Crippen LogP contribution in [0.15, 0.2) is 18.3 Å². The van der Waals surface area contributed by atoms with Gasteiger partial charge < -0.3 is 5.11 Å². The number of carboxylic acid groups (broad SMARTS) is 1. The van der Waals surface area contributed by atoms with Crippen molar-refractivity contribution in [3.63, 3.8) is 0 Å². The average molecular weight is 205 g/mol. The van der Waals surface area contributed by atoms with Gasteiger partial charge in [-0.3, -0.25) is 14.6 Å². The van der Waals surface area contributed by atoms with Gasteiger partial charge in [0.25, 0.3) is 0 Å². The molecule has 1 fully saturated rings. The van der Waals surface area contributed by atoms with E-state index < -0.39 is 11.4 Å². The number of pyridine rings is 1. The van der Waals surface area contributed by atoms with Crippen LogP contribution in [0.1, 0.15) is 24.1 Å². The normalized spacial score (nSPS) is 18.3. The summed E-state index contributed by atoms with van der Waals surface area (Å²) < 4.78 is 0. The largest absolute Gasteiger partial charge is 0.481 e. The molecule has 1 heterocycles. The van der Waals surface area contributed by atoms with Crippen LogP contribution < -0.4 is 0 Å². The van der Waals surface area contributed by atoms with Crippen LogP contribution in [-0.2, 0) is 15.0 Å². The summed E-state index contributed by atoms with van der Waals surface area (Å²) in [5.41, 5.74) is 0.333. The average Bonchev–Trinajstić information content (AvgIpc) is 2.13. The van der Waals surface area contributed by atoms with E-state index in [2.05, 4.69) is 4.98 Å². The fourth-order valence-electron chi connectivity index (χ4n) is 2.07. The Labute approximate surface area is 87.0 Å². The fourth-order valence-corrected chi connectivity index (χ4v) is 2.07. The Morgan fingerprint density at radius 1 is 1.53 bits per heavy atom. The highest BCUT2D eigenvalue weighted by Crippen LogP contribution is 2.42. The molecular formula is C11H11NO3. The van der Waals surface area contributed by atoms with Crippen LogP contribution in [0, 0.1) is 6.92 Å². The van der Waals surface area contributed by atoms with Crippen molar-refractivity contribution in [1.82, 2.24) is 4.98 Å². The molecule has 4 nitrogen and oxygen atoms in total. The number of Topliss-reactive ketones (excluding diaryl/α,β-unsaturated/α-hetero) is 1. The predicted octanol–water partition coefficient (Wildman–Crippen LogP) is 1.08. The third-order valence-electron chi connectivity index (χ3n) is 2.93. The molecule has 0 unspecified atom stereocenters. The molecule has 0 amide bonds. The minimum Gasteiger partial charge on any atom is -0.481 e. The van der Waals surface area contributed by atoms with Gasteiger partial charge in [-0.25, -0.2) is 0 Å². The molecule has 1 aromatic rings. The van der Waals surface area contributed by atoms with E-state index in [9.17, 15) is 14.7 Å². The lowest BCUT2D eigenvalue weighted by Gasteiger charge is -2.37. The molecule has 1 N–H and O–H groups in total. The fraction of sp³-hybridized carbons (Fsp3) is 0.364. The van der Waals surface area contributed by atoms with Crippen molar-refractivity contribution in [2.75, 3.05) is 0 Å². The van der Waals surface area contributed by atoms with Gasteiger partial charge in [-0.05, 0) is 18.6 Å². The second-order valence-corrected chi connectivity index (χ2v) is 3.92. The van der Waals surface area contributed by atoms with Crippen LogP contribution in [-0.4, -0.2) is 21.8 Å². The van der Waals surface area contributed by atoms with Crippen molar-refractivity contribution >= 4 is 11.8 Å². The number of nitrogens with zero attached hydrogens (tertiary/aromatic N) is 1. The van der Waals surface area contributed by atoms with Crippen molar-refractivity contribution in [3.8, 4) is 0 Å². The van der Waals surface area contributed by atoms with E-state index in [0.717, 1.165) is 0 Å². The number of ketones is 1. The topological polar surface area (TPSA) is 67.3 Å². The number of hydrogen-bond acceptors (Lipinski definition) is 3. The lowest BCUT2D eigenvalue weighted by Crippen LogP contribution is -2.48. The summed E-state index contributed by atoms with van der Waals surface area (Å²) in [7, 11) is 0. The third-order valence-corrected chi connectivity index (χ3v) is 2.93. The molecule has 0 aromatic carbocycles. The Morgan fingerprint density at radius 3 is 2.67 bits per heavy atom. The van der Waals surface area contributed by atoms with Crippen LogP contribution >= 0.6 is 0 Å². The van der Waals surface area contributed by atoms with Crippen LogP contribution in [0.2, 0.25) is 0 Å². The van der Waals surface area contributed by atoms with Gasteiger partial charge in [0, 0.05) is 24.7 Å². The van der Waals surface area contributed by atoms with Gasteiger partial charge in [-0.1, -0.05) is 6.07 Å². The number of aromatic nitrogens is 1. The molecule has 1 aromatic heterocycles. The minimum atomic E-state index is -1.02. The molecule has 0 saturated heterocycles. The van der Waals surface area contributed by atoms with Crippen LogP contribution in [0.25, 0.3) is 0 Å². The van der Waals surface area contributed by atoms with Gasteiger partial charge in [0.15, 0.2) is 0 Å². The molecule has 2 rings (SSSR count). The number of aliphatic carboxylic acids is 1. The van der Waals surface area contributed by atoms with E-state index in [-0.39, 0.29) is 18.6 Å². The monoisotopic (exact) mass is 205 g/mol. The molecule has 1 aliphatic carbocycles. The Kier molecular flexibility index (Phi) is 2.07. The zero-order valence-electron chi connectivity index (χ0n) is 8.36.